The molecule has 0 fully saturated rings. The van der Waals surface area contributed by atoms with E-state index >= 15 is 0 Å². The Kier molecular flexibility index (Phi) is 6.87. The Bertz CT molecular complexity index is 890. The molecular weight excluding hydrogens is 373 g/mol. The molecule has 0 spiro atoms. The second kappa shape index (κ2) is 9.35. The van der Waals surface area contributed by atoms with E-state index in [1.165, 1.54) is 41.8 Å². The number of fused-ring (bicyclic) bond motifs is 1. The topological polar surface area (TPSA) is 21.1 Å². The molecule has 148 valence electrons. The molecule has 0 saturated heterocycles. The van der Waals surface area contributed by atoms with E-state index in [1.54, 1.807) is 0 Å². The third-order valence-corrected chi connectivity index (χ3v) is 5.33. The number of halogens is 2. The van der Waals surface area contributed by atoms with Crippen LogP contribution in [0.15, 0.2) is 54.6 Å². The molecular formula is C23H27ClFN3. The highest BCUT2D eigenvalue weighted by Gasteiger charge is 2.25. The zero-order valence-electron chi connectivity index (χ0n) is 16.3. The van der Waals surface area contributed by atoms with Crippen LogP contribution in [0.2, 0.25) is 0 Å². The summed E-state index contributed by atoms with van der Waals surface area (Å²) in [5.41, 5.74) is 5.88. The molecule has 0 amide bonds. The Morgan fingerprint density at radius 3 is 2.50 bits per heavy atom. The van der Waals surface area contributed by atoms with Gasteiger partial charge < -0.3 is 0 Å². The van der Waals surface area contributed by atoms with Gasteiger partial charge in [-0.3, -0.25) is 9.58 Å². The fourth-order valence-corrected chi connectivity index (χ4v) is 3.85. The molecule has 0 radical (unpaired) electrons. The minimum atomic E-state index is -0.207. The summed E-state index contributed by atoms with van der Waals surface area (Å²) < 4.78 is 15.6. The highest BCUT2D eigenvalue weighted by molar-refractivity contribution is 5.85. The van der Waals surface area contributed by atoms with Crippen molar-refractivity contribution in [3.05, 3.63) is 77.2 Å². The Morgan fingerprint density at radius 1 is 1.04 bits per heavy atom. The summed E-state index contributed by atoms with van der Waals surface area (Å²) in [5.74, 6) is -0.207. The molecule has 0 N–H and O–H groups in total. The first-order chi connectivity index (χ1) is 13.2. The van der Waals surface area contributed by atoms with Gasteiger partial charge >= 0.3 is 0 Å². The molecule has 1 aromatic heterocycles. The predicted octanol–water partition coefficient (Wildman–Crippen LogP) is 5.32. The highest BCUT2D eigenvalue weighted by Crippen LogP contribution is 2.31. The van der Waals surface area contributed by atoms with E-state index in [0.717, 1.165) is 43.9 Å². The number of unbranched alkanes of at least 4 members (excludes halogenated alkanes) is 1. The second-order valence-corrected chi connectivity index (χ2v) is 7.30. The molecule has 0 saturated carbocycles. The summed E-state index contributed by atoms with van der Waals surface area (Å²) in [6.45, 7) is 6.15. The van der Waals surface area contributed by atoms with E-state index in [0.29, 0.717) is 0 Å². The van der Waals surface area contributed by atoms with Crippen molar-refractivity contribution in [3.63, 3.8) is 0 Å². The molecule has 4 rings (SSSR count). The van der Waals surface area contributed by atoms with Crippen LogP contribution in [0.25, 0.3) is 11.3 Å². The third-order valence-electron chi connectivity index (χ3n) is 5.33. The van der Waals surface area contributed by atoms with Crippen LogP contribution in [0.1, 0.15) is 36.6 Å². The van der Waals surface area contributed by atoms with Gasteiger partial charge in [0.2, 0.25) is 0 Å². The summed E-state index contributed by atoms with van der Waals surface area (Å²) in [6, 6.07) is 17.2. The quantitative estimate of drug-likeness (QED) is 0.559. The lowest BCUT2D eigenvalue weighted by Crippen LogP contribution is -2.32. The van der Waals surface area contributed by atoms with E-state index in [-0.39, 0.29) is 18.2 Å². The Labute approximate surface area is 172 Å². The zero-order chi connectivity index (χ0) is 18.6. The van der Waals surface area contributed by atoms with Gasteiger partial charge in [0.05, 0.1) is 12.2 Å². The SMILES string of the molecule is CCCCN1CCc2c(c(-c3ccc(F)cc3)nn2Cc2ccccc2)C1.Cl. The fourth-order valence-electron chi connectivity index (χ4n) is 3.85. The third kappa shape index (κ3) is 4.45. The monoisotopic (exact) mass is 399 g/mol. The van der Waals surface area contributed by atoms with Crippen molar-refractivity contribution in [1.82, 2.24) is 14.7 Å². The molecule has 0 aliphatic carbocycles. The van der Waals surface area contributed by atoms with Gasteiger partial charge in [0.25, 0.3) is 0 Å². The Morgan fingerprint density at radius 2 is 1.79 bits per heavy atom. The van der Waals surface area contributed by atoms with Gasteiger partial charge in [-0.05, 0) is 42.8 Å². The molecule has 5 heteroatoms. The van der Waals surface area contributed by atoms with E-state index in [4.69, 9.17) is 5.10 Å². The summed E-state index contributed by atoms with van der Waals surface area (Å²) in [6.07, 6.45) is 3.45. The van der Waals surface area contributed by atoms with E-state index < -0.39 is 0 Å². The van der Waals surface area contributed by atoms with Crippen molar-refractivity contribution in [2.24, 2.45) is 0 Å². The molecule has 0 bridgehead atoms. The van der Waals surface area contributed by atoms with Gasteiger partial charge in [-0.1, -0.05) is 43.7 Å². The lowest BCUT2D eigenvalue weighted by molar-refractivity contribution is 0.247. The second-order valence-electron chi connectivity index (χ2n) is 7.30. The van der Waals surface area contributed by atoms with Crippen LogP contribution in [-0.4, -0.2) is 27.8 Å². The van der Waals surface area contributed by atoms with Gasteiger partial charge in [0.15, 0.2) is 0 Å². The van der Waals surface area contributed by atoms with Crippen molar-refractivity contribution < 1.29 is 4.39 Å². The maximum Gasteiger partial charge on any atom is 0.123 e. The van der Waals surface area contributed by atoms with Crippen LogP contribution in [0.4, 0.5) is 4.39 Å². The van der Waals surface area contributed by atoms with Crippen LogP contribution >= 0.6 is 12.4 Å². The Balaban J connectivity index is 0.00000225. The normalized spacial score (nSPS) is 13.8. The number of benzene rings is 2. The molecule has 0 atom stereocenters. The standard InChI is InChI=1S/C23H26FN3.ClH/c1-2-3-14-26-15-13-22-21(17-26)23(19-9-11-20(24)12-10-19)25-27(22)16-18-7-5-4-6-8-18;/h4-12H,2-3,13-17H2,1H3;1H. The summed E-state index contributed by atoms with van der Waals surface area (Å²) in [7, 11) is 0. The van der Waals surface area contributed by atoms with Crippen molar-refractivity contribution >= 4 is 12.4 Å². The molecule has 3 aromatic rings. The first-order valence-corrected chi connectivity index (χ1v) is 9.85. The van der Waals surface area contributed by atoms with Crippen molar-refractivity contribution in [3.8, 4) is 11.3 Å². The van der Waals surface area contributed by atoms with Gasteiger partial charge in [-0.15, -0.1) is 12.4 Å². The fraction of sp³-hybridized carbons (Fsp3) is 0.348. The number of aromatic nitrogens is 2. The molecule has 2 heterocycles. The smallest absolute Gasteiger partial charge is 0.123 e. The van der Waals surface area contributed by atoms with E-state index in [9.17, 15) is 4.39 Å². The van der Waals surface area contributed by atoms with Crippen molar-refractivity contribution in [2.45, 2.75) is 39.3 Å². The first kappa shape index (κ1) is 20.6. The summed E-state index contributed by atoms with van der Waals surface area (Å²) in [4.78, 5) is 2.52. The summed E-state index contributed by atoms with van der Waals surface area (Å²) in [5, 5.41) is 4.97. The minimum Gasteiger partial charge on any atom is -0.299 e. The van der Waals surface area contributed by atoms with Crippen LogP contribution in [-0.2, 0) is 19.5 Å². The molecule has 2 aromatic carbocycles. The van der Waals surface area contributed by atoms with E-state index in [2.05, 4.69) is 40.8 Å². The van der Waals surface area contributed by atoms with Gasteiger partial charge in [-0.2, -0.15) is 5.10 Å². The number of hydrogen-bond donors (Lipinski definition) is 0. The van der Waals surface area contributed by atoms with Gasteiger partial charge in [0, 0.05) is 36.3 Å². The molecule has 3 nitrogen and oxygen atoms in total. The average molecular weight is 400 g/mol. The maximum atomic E-state index is 13.4. The largest absolute Gasteiger partial charge is 0.299 e. The van der Waals surface area contributed by atoms with Gasteiger partial charge in [0.1, 0.15) is 5.82 Å². The molecule has 28 heavy (non-hydrogen) atoms. The summed E-state index contributed by atoms with van der Waals surface area (Å²) >= 11 is 0. The van der Waals surface area contributed by atoms with Crippen LogP contribution in [0.3, 0.4) is 0 Å². The zero-order valence-corrected chi connectivity index (χ0v) is 17.1. The molecule has 0 unspecified atom stereocenters. The van der Waals surface area contributed by atoms with E-state index in [1.807, 2.05) is 18.2 Å². The predicted molar refractivity (Wildman–Crippen MR) is 114 cm³/mol. The lowest BCUT2D eigenvalue weighted by Gasteiger charge is -2.27. The van der Waals surface area contributed by atoms with Crippen LogP contribution < -0.4 is 0 Å². The maximum absolute atomic E-state index is 13.4. The average Bonchev–Trinajstić information content (AvgIpc) is 3.05. The minimum absolute atomic E-state index is 0. The van der Waals surface area contributed by atoms with Crippen LogP contribution in [0, 0.1) is 5.82 Å². The number of nitrogens with zero attached hydrogens (tertiary/aromatic N) is 3. The first-order valence-electron chi connectivity index (χ1n) is 9.85. The molecule has 1 aliphatic heterocycles. The number of rotatable bonds is 6. The van der Waals surface area contributed by atoms with Crippen molar-refractivity contribution in [1.29, 1.82) is 0 Å². The Hall–Kier alpha value is -2.17. The highest BCUT2D eigenvalue weighted by atomic mass is 35.5. The van der Waals surface area contributed by atoms with Gasteiger partial charge in [-0.25, -0.2) is 4.39 Å². The lowest BCUT2D eigenvalue weighted by atomic mass is 10.0. The molecule has 1 aliphatic rings. The van der Waals surface area contributed by atoms with Crippen molar-refractivity contribution in [2.75, 3.05) is 13.1 Å². The van der Waals surface area contributed by atoms with Crippen LogP contribution in [0.5, 0.6) is 0 Å². The number of hydrogen-bond acceptors (Lipinski definition) is 2.